The van der Waals surface area contributed by atoms with E-state index in [0.29, 0.717) is 6.42 Å². The smallest absolute Gasteiger partial charge is 0.376 e. The van der Waals surface area contributed by atoms with Crippen LogP contribution in [0.2, 0.25) is 0 Å². The van der Waals surface area contributed by atoms with Gasteiger partial charge in [-0.3, -0.25) is 0 Å². The molecule has 0 aromatic heterocycles. The van der Waals surface area contributed by atoms with E-state index in [9.17, 15) is 18.2 Å². The van der Waals surface area contributed by atoms with Crippen molar-refractivity contribution in [3.63, 3.8) is 0 Å². The highest BCUT2D eigenvalue weighted by molar-refractivity contribution is 7.53. The van der Waals surface area contributed by atoms with Crippen LogP contribution in [0, 0.1) is 11.6 Å². The first-order chi connectivity index (χ1) is 10.4. The van der Waals surface area contributed by atoms with Gasteiger partial charge in [0.15, 0.2) is 0 Å². The predicted molar refractivity (Wildman–Crippen MR) is 82.0 cm³/mol. The van der Waals surface area contributed by atoms with Crippen LogP contribution in [0.5, 0.6) is 5.75 Å². The molecule has 1 N–H and O–H groups in total. The van der Waals surface area contributed by atoms with Crippen LogP contribution in [-0.4, -0.2) is 11.1 Å². The Morgan fingerprint density at radius 1 is 1.14 bits per heavy atom. The summed E-state index contributed by atoms with van der Waals surface area (Å²) in [6.45, 7) is 1.89. The van der Waals surface area contributed by atoms with Gasteiger partial charge < -0.3 is 9.42 Å². The zero-order chi connectivity index (χ0) is 16.2. The van der Waals surface area contributed by atoms with E-state index in [4.69, 9.17) is 4.52 Å². The first-order valence-corrected chi connectivity index (χ1v) is 8.75. The molecule has 0 radical (unpaired) electrons. The van der Waals surface area contributed by atoms with Crippen LogP contribution in [0.25, 0.3) is 11.1 Å². The van der Waals surface area contributed by atoms with Crippen LogP contribution < -0.4 is 4.52 Å². The minimum Gasteiger partial charge on any atom is -0.424 e. The largest absolute Gasteiger partial charge is 0.424 e. The Morgan fingerprint density at radius 2 is 1.86 bits per heavy atom. The van der Waals surface area contributed by atoms with E-state index < -0.39 is 19.2 Å². The highest BCUT2D eigenvalue weighted by Crippen LogP contribution is 2.46. The number of unbranched alkanes of at least 4 members (excludes halogenated alkanes) is 1. The van der Waals surface area contributed by atoms with Gasteiger partial charge in [-0.15, -0.1) is 0 Å². The Bertz CT molecular complexity index is 704. The molecule has 0 bridgehead atoms. The van der Waals surface area contributed by atoms with E-state index in [0.717, 1.165) is 18.6 Å². The van der Waals surface area contributed by atoms with Crippen LogP contribution in [-0.2, 0) is 4.57 Å². The van der Waals surface area contributed by atoms with E-state index in [1.807, 2.05) is 6.92 Å². The van der Waals surface area contributed by atoms with Crippen molar-refractivity contribution in [2.24, 2.45) is 0 Å². The van der Waals surface area contributed by atoms with Crippen molar-refractivity contribution >= 4 is 7.60 Å². The molecular formula is C16H17F2O3P. The maximum Gasteiger partial charge on any atom is 0.376 e. The van der Waals surface area contributed by atoms with Crippen LogP contribution >= 0.6 is 7.60 Å². The summed E-state index contributed by atoms with van der Waals surface area (Å²) in [6.07, 6.45) is 1.28. The molecule has 0 spiro atoms. The maximum absolute atomic E-state index is 13.9. The van der Waals surface area contributed by atoms with Crippen molar-refractivity contribution < 1.29 is 22.8 Å². The molecule has 1 unspecified atom stereocenters. The number of benzene rings is 2. The number of hydrogen-bond acceptors (Lipinski definition) is 2. The molecular weight excluding hydrogens is 309 g/mol. The Labute approximate surface area is 128 Å². The maximum atomic E-state index is 13.9. The summed E-state index contributed by atoms with van der Waals surface area (Å²) in [7, 11) is -3.85. The van der Waals surface area contributed by atoms with Crippen molar-refractivity contribution in [1.29, 1.82) is 0 Å². The molecule has 0 aliphatic rings. The molecule has 22 heavy (non-hydrogen) atoms. The summed E-state index contributed by atoms with van der Waals surface area (Å²) in [4.78, 5) is 9.85. The second kappa shape index (κ2) is 7.03. The highest BCUT2D eigenvalue weighted by atomic mass is 31.2. The molecule has 1 atom stereocenters. The van der Waals surface area contributed by atoms with Gasteiger partial charge in [0.05, 0.1) is 6.16 Å². The lowest BCUT2D eigenvalue weighted by atomic mass is 10.0. The number of hydrogen-bond donors (Lipinski definition) is 1. The van der Waals surface area contributed by atoms with Crippen molar-refractivity contribution in [3.05, 3.63) is 54.1 Å². The van der Waals surface area contributed by atoms with Gasteiger partial charge in [0.2, 0.25) is 0 Å². The first-order valence-electron chi connectivity index (χ1n) is 6.99. The summed E-state index contributed by atoms with van der Waals surface area (Å²) in [5.74, 6) is -1.14. The molecule has 0 aliphatic heterocycles. The SMILES string of the molecule is CCCCP(=O)(O)Oc1ccc(F)cc1-c1ccccc1F. The fourth-order valence-electron chi connectivity index (χ4n) is 2.03. The zero-order valence-corrected chi connectivity index (χ0v) is 13.0. The fraction of sp³-hybridized carbons (Fsp3) is 0.250. The average molecular weight is 326 g/mol. The van der Waals surface area contributed by atoms with Gasteiger partial charge in [-0.25, -0.2) is 13.3 Å². The first kappa shape index (κ1) is 16.7. The van der Waals surface area contributed by atoms with E-state index in [1.54, 1.807) is 6.07 Å². The van der Waals surface area contributed by atoms with Gasteiger partial charge in [-0.1, -0.05) is 31.5 Å². The summed E-state index contributed by atoms with van der Waals surface area (Å²) in [5, 5.41) is 0. The second-order valence-electron chi connectivity index (χ2n) is 4.93. The zero-order valence-electron chi connectivity index (χ0n) is 12.1. The normalized spacial score (nSPS) is 13.6. The highest BCUT2D eigenvalue weighted by Gasteiger charge is 2.23. The second-order valence-corrected chi connectivity index (χ2v) is 6.83. The van der Waals surface area contributed by atoms with Gasteiger partial charge in [0, 0.05) is 11.1 Å². The Morgan fingerprint density at radius 3 is 2.55 bits per heavy atom. The van der Waals surface area contributed by atoms with Gasteiger partial charge in [0.25, 0.3) is 0 Å². The van der Waals surface area contributed by atoms with Crippen LogP contribution in [0.1, 0.15) is 19.8 Å². The number of rotatable bonds is 6. The molecule has 0 amide bonds. The van der Waals surface area contributed by atoms with E-state index in [2.05, 4.69) is 0 Å². The van der Waals surface area contributed by atoms with Gasteiger partial charge in [0.1, 0.15) is 17.4 Å². The number of halogens is 2. The van der Waals surface area contributed by atoms with E-state index >= 15 is 0 Å². The lowest BCUT2D eigenvalue weighted by Gasteiger charge is -2.16. The Balaban J connectivity index is 2.41. The molecule has 6 heteroatoms. The average Bonchev–Trinajstić information content (AvgIpc) is 2.48. The van der Waals surface area contributed by atoms with Crippen molar-refractivity contribution in [2.45, 2.75) is 19.8 Å². The van der Waals surface area contributed by atoms with Crippen molar-refractivity contribution in [3.8, 4) is 16.9 Å². The third-order valence-electron chi connectivity index (χ3n) is 3.14. The molecule has 0 saturated heterocycles. The molecule has 0 saturated carbocycles. The molecule has 3 nitrogen and oxygen atoms in total. The van der Waals surface area contributed by atoms with Crippen LogP contribution in [0.4, 0.5) is 8.78 Å². The molecule has 0 fully saturated rings. The van der Waals surface area contributed by atoms with Crippen molar-refractivity contribution in [1.82, 2.24) is 0 Å². The van der Waals surface area contributed by atoms with Gasteiger partial charge in [-0.2, -0.15) is 0 Å². The van der Waals surface area contributed by atoms with E-state index in [1.165, 1.54) is 24.3 Å². The molecule has 0 aliphatic carbocycles. The van der Waals surface area contributed by atoms with Gasteiger partial charge in [-0.05, 0) is 30.7 Å². The molecule has 2 aromatic rings. The molecule has 2 aromatic carbocycles. The van der Waals surface area contributed by atoms with Crippen molar-refractivity contribution in [2.75, 3.05) is 6.16 Å². The van der Waals surface area contributed by atoms with Gasteiger partial charge >= 0.3 is 7.60 Å². The third kappa shape index (κ3) is 4.15. The lowest BCUT2D eigenvalue weighted by molar-refractivity contribution is 0.378. The lowest BCUT2D eigenvalue weighted by Crippen LogP contribution is -1.99. The minimum atomic E-state index is -3.85. The summed E-state index contributed by atoms with van der Waals surface area (Å²) in [5.41, 5.74) is 0.233. The Hall–Kier alpha value is -1.71. The predicted octanol–water partition coefficient (Wildman–Crippen LogP) is 5.00. The monoisotopic (exact) mass is 326 g/mol. The van der Waals surface area contributed by atoms with Crippen LogP contribution in [0.15, 0.2) is 42.5 Å². The Kier molecular flexibility index (Phi) is 5.33. The van der Waals surface area contributed by atoms with E-state index in [-0.39, 0.29) is 23.0 Å². The minimum absolute atomic E-state index is 0.00239. The summed E-state index contributed by atoms with van der Waals surface area (Å²) >= 11 is 0. The quantitative estimate of drug-likeness (QED) is 0.760. The molecule has 2 rings (SSSR count). The topological polar surface area (TPSA) is 46.5 Å². The third-order valence-corrected chi connectivity index (χ3v) is 4.50. The standard InChI is InChI=1S/C16H17F2O3P/c1-2-3-10-22(19,20)21-16-9-8-12(17)11-14(16)13-6-4-5-7-15(13)18/h4-9,11H,2-3,10H2,1H3,(H,19,20). The summed E-state index contributed by atoms with van der Waals surface area (Å²) in [6, 6.07) is 9.25. The molecule has 118 valence electrons. The fourth-order valence-corrected chi connectivity index (χ4v) is 3.30. The van der Waals surface area contributed by atoms with Crippen LogP contribution in [0.3, 0.4) is 0 Å². The molecule has 0 heterocycles. The summed E-state index contributed by atoms with van der Waals surface area (Å²) < 4.78 is 44.6.